The van der Waals surface area contributed by atoms with Crippen LogP contribution >= 0.6 is 0 Å². The molecule has 10 rings (SSSR count). The van der Waals surface area contributed by atoms with Gasteiger partial charge < -0.3 is 19.1 Å². The van der Waals surface area contributed by atoms with Gasteiger partial charge in [0.05, 0.1) is 0 Å². The molecule has 0 saturated carbocycles. The van der Waals surface area contributed by atoms with E-state index in [9.17, 15) is 0 Å². The van der Waals surface area contributed by atoms with Crippen molar-refractivity contribution in [3.8, 4) is 28.4 Å². The first-order valence-corrected chi connectivity index (χ1v) is 24.5. The number of pyridine rings is 1. The molecule has 0 radical (unpaired) electrons. The van der Waals surface area contributed by atoms with Crippen molar-refractivity contribution < 1.29 is 25.8 Å². The van der Waals surface area contributed by atoms with Gasteiger partial charge in [0.15, 0.2) is 0 Å². The molecule has 0 spiro atoms. The van der Waals surface area contributed by atoms with Crippen LogP contribution < -0.4 is 14.5 Å². The van der Waals surface area contributed by atoms with E-state index in [4.69, 9.17) is 9.72 Å². The van der Waals surface area contributed by atoms with Gasteiger partial charge in [-0.05, 0) is 97.0 Å². The zero-order valence-electron chi connectivity index (χ0n) is 42.8. The first kappa shape index (κ1) is 49.3. The Hall–Kier alpha value is -6.68. The Labute approximate surface area is 436 Å². The first-order valence-electron chi connectivity index (χ1n) is 24.5. The number of nitrogens with zero attached hydrogens (tertiary/aromatic N) is 4. The van der Waals surface area contributed by atoms with Crippen molar-refractivity contribution in [1.82, 2.24) is 9.55 Å². The molecule has 0 bridgehead atoms. The molecule has 0 amide bonds. The monoisotopic (exact) mass is 1110 g/mol. The molecule has 5 nitrogen and oxygen atoms in total. The summed E-state index contributed by atoms with van der Waals surface area (Å²) in [5, 5.41) is 2.26. The van der Waals surface area contributed by atoms with Crippen LogP contribution in [0, 0.1) is 18.8 Å². The molecule has 71 heavy (non-hydrogen) atoms. The third-order valence-electron chi connectivity index (χ3n) is 13.9. The smallest absolute Gasteiger partial charge is 0.135 e. The molecule has 1 aliphatic heterocycles. The second-order valence-corrected chi connectivity index (χ2v) is 22.4. The minimum Gasteiger partial charge on any atom is -0.509 e. The second kappa shape index (κ2) is 18.8. The van der Waals surface area contributed by atoms with E-state index in [1.165, 1.54) is 22.3 Å². The van der Waals surface area contributed by atoms with Crippen LogP contribution in [0.1, 0.15) is 110 Å². The van der Waals surface area contributed by atoms with E-state index in [1.54, 1.807) is 0 Å². The quantitative estimate of drug-likeness (QED) is 0.135. The number of fused-ring (bicyclic) bond motifs is 3. The van der Waals surface area contributed by atoms with Gasteiger partial charge >= 0.3 is 0 Å². The van der Waals surface area contributed by atoms with Gasteiger partial charge in [-0.3, -0.25) is 0 Å². The molecule has 9 aromatic rings. The maximum Gasteiger partial charge on any atom is 0.135 e. The molecular formula is C65H63N4OPt-3. The van der Waals surface area contributed by atoms with Crippen LogP contribution in [-0.2, 0) is 42.7 Å². The Balaban J connectivity index is 0.00000624. The van der Waals surface area contributed by atoms with Gasteiger partial charge in [-0.15, -0.1) is 53.8 Å². The van der Waals surface area contributed by atoms with Gasteiger partial charge in [-0.25, -0.2) is 4.98 Å². The fourth-order valence-corrected chi connectivity index (χ4v) is 9.62. The van der Waals surface area contributed by atoms with Gasteiger partial charge in [0, 0.05) is 55.7 Å². The number of ether oxygens (including phenoxy) is 1. The van der Waals surface area contributed by atoms with Gasteiger partial charge in [-0.1, -0.05) is 202 Å². The van der Waals surface area contributed by atoms with Crippen LogP contribution in [0.2, 0.25) is 0 Å². The minimum absolute atomic E-state index is 0. The van der Waals surface area contributed by atoms with Crippen molar-refractivity contribution in [2.24, 2.45) is 0 Å². The number of para-hydroxylation sites is 1. The number of anilines is 2. The Morgan fingerprint density at radius 2 is 1.10 bits per heavy atom. The van der Waals surface area contributed by atoms with Crippen molar-refractivity contribution in [1.29, 1.82) is 0 Å². The first-order chi connectivity index (χ1) is 33.3. The zero-order chi connectivity index (χ0) is 49.2. The van der Waals surface area contributed by atoms with E-state index in [-0.39, 0.29) is 37.3 Å². The summed E-state index contributed by atoms with van der Waals surface area (Å²) >= 11 is 0. The molecule has 0 atom stereocenters. The second-order valence-electron chi connectivity index (χ2n) is 22.4. The van der Waals surface area contributed by atoms with Crippen molar-refractivity contribution >= 4 is 38.9 Å². The van der Waals surface area contributed by atoms with E-state index < -0.39 is 5.41 Å². The average Bonchev–Trinajstić information content (AvgIpc) is 3.94. The summed E-state index contributed by atoms with van der Waals surface area (Å²) in [6.07, 6.45) is 4.17. The summed E-state index contributed by atoms with van der Waals surface area (Å²) in [6, 6.07) is 66.1. The fourth-order valence-electron chi connectivity index (χ4n) is 9.62. The van der Waals surface area contributed by atoms with Crippen LogP contribution in [0.15, 0.2) is 176 Å². The van der Waals surface area contributed by atoms with E-state index >= 15 is 0 Å². The summed E-state index contributed by atoms with van der Waals surface area (Å²) < 4.78 is 9.49. The van der Waals surface area contributed by atoms with Crippen LogP contribution in [0.3, 0.4) is 0 Å². The molecule has 0 aliphatic carbocycles. The Morgan fingerprint density at radius 3 is 1.73 bits per heavy atom. The standard InChI is InChI=1S/C65H63N4O.Pt/c1-62(2,3)48-31-32-66-60(38-48)69-57-30-22-21-29-55(57)61-56(65(10,11)47-27-19-14-20-28-47)40-54(41-58(61)69)70-53-34-46(44-23-15-12-16-24-44)33-52(39-53)68-43-67(42-59(68)45-25-17-13-18-26-45)51-36-49(63(4,5)6)35-50(37-51)64(7,8)9;/h12-38,40,42-43H,1-11H3;/q-3;. The van der Waals surface area contributed by atoms with Crippen molar-refractivity contribution in [3.05, 3.63) is 228 Å². The Morgan fingerprint density at radius 1 is 0.521 bits per heavy atom. The van der Waals surface area contributed by atoms with Crippen LogP contribution in [0.4, 0.5) is 11.4 Å². The summed E-state index contributed by atoms with van der Waals surface area (Å²) in [5.74, 6) is 2.01. The number of rotatable bonds is 9. The van der Waals surface area contributed by atoms with Gasteiger partial charge in [0.1, 0.15) is 5.82 Å². The number of hydrogen-bond acceptors (Lipinski definition) is 4. The maximum absolute atomic E-state index is 7.23. The molecule has 0 N–H and O–H groups in total. The maximum atomic E-state index is 7.23. The van der Waals surface area contributed by atoms with E-state index in [0.717, 1.165) is 66.9 Å². The largest absolute Gasteiger partial charge is 0.509 e. The third-order valence-corrected chi connectivity index (χ3v) is 13.9. The predicted molar refractivity (Wildman–Crippen MR) is 293 cm³/mol. The molecule has 1 aliphatic rings. The number of benzene rings is 7. The van der Waals surface area contributed by atoms with E-state index in [1.807, 2.05) is 6.20 Å². The van der Waals surface area contributed by atoms with Crippen LogP contribution in [0.5, 0.6) is 11.5 Å². The summed E-state index contributed by atoms with van der Waals surface area (Å²) in [5.41, 5.74) is 13.7. The van der Waals surface area contributed by atoms with Crippen molar-refractivity contribution in [2.45, 2.75) is 97.8 Å². The predicted octanol–water partition coefficient (Wildman–Crippen LogP) is 16.9. The normalized spacial score (nSPS) is 13.4. The molecule has 362 valence electrons. The molecule has 0 saturated heterocycles. The molecule has 2 aromatic heterocycles. The summed E-state index contributed by atoms with van der Waals surface area (Å²) in [6.45, 7) is 27.3. The minimum atomic E-state index is -0.427. The third kappa shape index (κ3) is 9.74. The van der Waals surface area contributed by atoms with Gasteiger partial charge in [0.2, 0.25) is 0 Å². The van der Waals surface area contributed by atoms with Crippen molar-refractivity contribution in [2.75, 3.05) is 9.80 Å². The summed E-state index contributed by atoms with van der Waals surface area (Å²) in [4.78, 5) is 9.54. The Bertz CT molecular complexity index is 3370. The molecule has 7 aromatic carbocycles. The van der Waals surface area contributed by atoms with Crippen LogP contribution in [-0.4, -0.2) is 9.55 Å². The van der Waals surface area contributed by atoms with E-state index in [2.05, 4.69) is 279 Å². The van der Waals surface area contributed by atoms with Crippen LogP contribution in [0.25, 0.3) is 44.4 Å². The van der Waals surface area contributed by atoms with E-state index in [0.29, 0.717) is 11.5 Å². The molecular weight excluding hydrogens is 1050 g/mol. The van der Waals surface area contributed by atoms with Crippen molar-refractivity contribution in [3.63, 3.8) is 0 Å². The molecule has 6 heteroatoms. The average molecular weight is 1110 g/mol. The zero-order valence-corrected chi connectivity index (χ0v) is 45.1. The SMILES string of the molecule is CC(C)(C)c1cc(N2C=C(c3ccccc3)N(c3[c-]c(Oc4[c-]c5c(c(C(C)(C)c6ccccc6)c4)c4ccccc4n5-c4cc(C(C)(C)C)ccn4)cc(-c4ccccc4)c3)[CH-]2)cc(C(C)(C)C)c1.[Pt]. The molecule has 0 fully saturated rings. The number of aromatic nitrogens is 2. The van der Waals surface area contributed by atoms with Gasteiger partial charge in [0.25, 0.3) is 0 Å². The topological polar surface area (TPSA) is 33.5 Å². The number of hydrogen-bond donors (Lipinski definition) is 0. The molecule has 0 unspecified atom stereocenters. The molecule has 3 heterocycles. The summed E-state index contributed by atoms with van der Waals surface area (Å²) in [7, 11) is 0. The van der Waals surface area contributed by atoms with Gasteiger partial charge in [-0.2, -0.15) is 0 Å². The Kier molecular flexibility index (Phi) is 13.1. The fraction of sp³-hybridized carbons (Fsp3) is 0.231.